The number of rotatable bonds is 5. The van der Waals surface area contributed by atoms with Crippen LogP contribution in [-0.4, -0.2) is 15.0 Å². The van der Waals surface area contributed by atoms with Crippen molar-refractivity contribution in [1.29, 1.82) is 0 Å². The molecule has 0 aliphatic carbocycles. The Kier molecular flexibility index (Phi) is 4.61. The van der Waals surface area contributed by atoms with E-state index >= 15 is 0 Å². The van der Waals surface area contributed by atoms with E-state index in [9.17, 15) is 0 Å². The highest BCUT2D eigenvalue weighted by molar-refractivity contribution is 5.58. The third-order valence-corrected chi connectivity index (χ3v) is 2.03. The van der Waals surface area contributed by atoms with Crippen LogP contribution in [0.5, 0.6) is 0 Å². The fraction of sp³-hybridized carbons (Fsp3) is 0.500. The van der Waals surface area contributed by atoms with E-state index in [4.69, 9.17) is 5.73 Å². The first-order valence-corrected chi connectivity index (χ1v) is 4.91. The standard InChI is InChI=1S/C10H16N4/c1-2-3-4-5-9(6-11)10-13-7-12-8-14-10/h6-8H,2-5,11H2,1H3. The lowest BCUT2D eigenvalue weighted by molar-refractivity contribution is 0.731. The molecular weight excluding hydrogens is 176 g/mol. The maximum atomic E-state index is 5.52. The maximum Gasteiger partial charge on any atom is 0.160 e. The Hall–Kier alpha value is -1.45. The van der Waals surface area contributed by atoms with E-state index in [1.807, 2.05) is 0 Å². The molecule has 0 unspecified atom stereocenters. The molecule has 0 bridgehead atoms. The van der Waals surface area contributed by atoms with Crippen LogP contribution in [0, 0.1) is 0 Å². The van der Waals surface area contributed by atoms with E-state index in [2.05, 4.69) is 21.9 Å². The number of hydrogen-bond acceptors (Lipinski definition) is 4. The van der Waals surface area contributed by atoms with Crippen LogP contribution < -0.4 is 5.73 Å². The van der Waals surface area contributed by atoms with Crippen molar-refractivity contribution in [3.8, 4) is 0 Å². The first-order chi connectivity index (χ1) is 6.88. The fourth-order valence-electron chi connectivity index (χ4n) is 1.24. The summed E-state index contributed by atoms with van der Waals surface area (Å²) in [7, 11) is 0. The molecule has 0 atom stereocenters. The SMILES string of the molecule is CCCCCC(=CN)c1ncncn1. The predicted molar refractivity (Wildman–Crippen MR) is 56.1 cm³/mol. The second-order valence-electron chi connectivity index (χ2n) is 3.11. The summed E-state index contributed by atoms with van der Waals surface area (Å²) in [5.41, 5.74) is 6.53. The zero-order chi connectivity index (χ0) is 10.2. The topological polar surface area (TPSA) is 64.7 Å². The van der Waals surface area contributed by atoms with Crippen molar-refractivity contribution in [2.45, 2.75) is 32.6 Å². The molecule has 14 heavy (non-hydrogen) atoms. The van der Waals surface area contributed by atoms with Gasteiger partial charge in [-0.1, -0.05) is 19.8 Å². The smallest absolute Gasteiger partial charge is 0.160 e. The molecule has 0 aromatic carbocycles. The van der Waals surface area contributed by atoms with E-state index in [1.54, 1.807) is 6.20 Å². The monoisotopic (exact) mass is 192 g/mol. The highest BCUT2D eigenvalue weighted by Crippen LogP contribution is 2.15. The van der Waals surface area contributed by atoms with Crippen LogP contribution in [-0.2, 0) is 0 Å². The van der Waals surface area contributed by atoms with Gasteiger partial charge in [0.25, 0.3) is 0 Å². The lowest BCUT2D eigenvalue weighted by Crippen LogP contribution is -1.97. The molecule has 0 saturated heterocycles. The fourth-order valence-corrected chi connectivity index (χ4v) is 1.24. The van der Waals surface area contributed by atoms with Crippen LogP contribution in [0.4, 0.5) is 0 Å². The van der Waals surface area contributed by atoms with E-state index in [-0.39, 0.29) is 0 Å². The predicted octanol–water partition coefficient (Wildman–Crippen LogP) is 1.75. The van der Waals surface area contributed by atoms with Crippen molar-refractivity contribution in [3.05, 3.63) is 24.7 Å². The van der Waals surface area contributed by atoms with Gasteiger partial charge in [0.05, 0.1) is 0 Å². The van der Waals surface area contributed by atoms with Gasteiger partial charge in [0.1, 0.15) is 12.7 Å². The zero-order valence-electron chi connectivity index (χ0n) is 8.48. The summed E-state index contributed by atoms with van der Waals surface area (Å²) >= 11 is 0. The molecule has 1 rings (SSSR count). The van der Waals surface area contributed by atoms with Gasteiger partial charge in [0.2, 0.25) is 0 Å². The van der Waals surface area contributed by atoms with Crippen LogP contribution in [0.1, 0.15) is 38.4 Å². The van der Waals surface area contributed by atoms with Crippen LogP contribution in [0.2, 0.25) is 0 Å². The first kappa shape index (κ1) is 10.6. The largest absolute Gasteiger partial charge is 0.404 e. The third kappa shape index (κ3) is 3.12. The van der Waals surface area contributed by atoms with Gasteiger partial charge >= 0.3 is 0 Å². The number of hydrogen-bond donors (Lipinski definition) is 1. The second kappa shape index (κ2) is 6.07. The molecule has 4 heteroatoms. The molecule has 0 aliphatic heterocycles. The molecule has 0 amide bonds. The minimum absolute atomic E-state index is 0.693. The number of unbranched alkanes of at least 4 members (excludes halogenated alkanes) is 2. The zero-order valence-corrected chi connectivity index (χ0v) is 8.48. The lowest BCUT2D eigenvalue weighted by atomic mass is 10.1. The number of aromatic nitrogens is 3. The third-order valence-electron chi connectivity index (χ3n) is 2.03. The van der Waals surface area contributed by atoms with Crippen molar-refractivity contribution >= 4 is 5.57 Å². The molecule has 0 spiro atoms. The van der Waals surface area contributed by atoms with Crippen molar-refractivity contribution in [3.63, 3.8) is 0 Å². The first-order valence-electron chi connectivity index (χ1n) is 4.91. The molecule has 0 saturated carbocycles. The number of allylic oxidation sites excluding steroid dienone is 1. The highest BCUT2D eigenvalue weighted by atomic mass is 15.0. The molecular formula is C10H16N4. The Morgan fingerprint density at radius 1 is 1.36 bits per heavy atom. The molecule has 76 valence electrons. The van der Waals surface area contributed by atoms with Crippen molar-refractivity contribution < 1.29 is 0 Å². The second-order valence-corrected chi connectivity index (χ2v) is 3.11. The molecule has 0 aliphatic rings. The summed E-state index contributed by atoms with van der Waals surface area (Å²) in [5.74, 6) is 0.693. The molecule has 1 aromatic rings. The lowest BCUT2D eigenvalue weighted by Gasteiger charge is -2.03. The van der Waals surface area contributed by atoms with Gasteiger partial charge in [-0.15, -0.1) is 0 Å². The summed E-state index contributed by atoms with van der Waals surface area (Å²) in [4.78, 5) is 11.9. The molecule has 2 N–H and O–H groups in total. The molecule has 4 nitrogen and oxygen atoms in total. The van der Waals surface area contributed by atoms with Gasteiger partial charge in [-0.05, 0) is 12.8 Å². The van der Waals surface area contributed by atoms with Gasteiger partial charge in [-0.3, -0.25) is 0 Å². The van der Waals surface area contributed by atoms with Crippen molar-refractivity contribution in [2.75, 3.05) is 0 Å². The Labute approximate surface area is 84.3 Å². The summed E-state index contributed by atoms with van der Waals surface area (Å²) in [5, 5.41) is 0. The summed E-state index contributed by atoms with van der Waals surface area (Å²) < 4.78 is 0. The summed E-state index contributed by atoms with van der Waals surface area (Å²) in [6.07, 6.45) is 9.05. The van der Waals surface area contributed by atoms with E-state index in [0.717, 1.165) is 18.4 Å². The Bertz CT molecular complexity index is 281. The highest BCUT2D eigenvalue weighted by Gasteiger charge is 2.02. The van der Waals surface area contributed by atoms with Crippen LogP contribution >= 0.6 is 0 Å². The van der Waals surface area contributed by atoms with Gasteiger partial charge in [-0.25, -0.2) is 15.0 Å². The van der Waals surface area contributed by atoms with Gasteiger partial charge in [0, 0.05) is 11.8 Å². The minimum Gasteiger partial charge on any atom is -0.404 e. The quantitative estimate of drug-likeness (QED) is 0.722. The Balaban J connectivity index is 2.56. The number of nitrogens with two attached hydrogens (primary N) is 1. The minimum atomic E-state index is 0.693. The van der Waals surface area contributed by atoms with Crippen molar-refractivity contribution in [2.24, 2.45) is 5.73 Å². The number of nitrogens with zero attached hydrogens (tertiary/aromatic N) is 3. The summed E-state index contributed by atoms with van der Waals surface area (Å²) in [6, 6.07) is 0. The molecule has 0 radical (unpaired) electrons. The normalized spacial score (nSPS) is 11.6. The summed E-state index contributed by atoms with van der Waals surface area (Å²) in [6.45, 7) is 2.18. The molecule has 1 heterocycles. The van der Waals surface area contributed by atoms with Gasteiger partial charge in [0.15, 0.2) is 5.82 Å². The molecule has 1 aromatic heterocycles. The van der Waals surface area contributed by atoms with Crippen LogP contribution in [0.15, 0.2) is 18.9 Å². The van der Waals surface area contributed by atoms with Crippen LogP contribution in [0.25, 0.3) is 5.57 Å². The van der Waals surface area contributed by atoms with Crippen LogP contribution in [0.3, 0.4) is 0 Å². The van der Waals surface area contributed by atoms with E-state index in [0.29, 0.717) is 5.82 Å². The Morgan fingerprint density at radius 3 is 2.64 bits per heavy atom. The van der Waals surface area contributed by atoms with Crippen molar-refractivity contribution in [1.82, 2.24) is 15.0 Å². The van der Waals surface area contributed by atoms with E-state index in [1.165, 1.54) is 25.5 Å². The van der Waals surface area contributed by atoms with Gasteiger partial charge < -0.3 is 5.73 Å². The average Bonchev–Trinajstić information content (AvgIpc) is 2.26. The average molecular weight is 192 g/mol. The maximum absolute atomic E-state index is 5.52. The van der Waals surface area contributed by atoms with E-state index < -0.39 is 0 Å². The van der Waals surface area contributed by atoms with Gasteiger partial charge in [-0.2, -0.15) is 0 Å². The Morgan fingerprint density at radius 2 is 2.07 bits per heavy atom. The molecule has 0 fully saturated rings.